The quantitative estimate of drug-likeness (QED) is 0.579. The number of aromatic amines is 1. The highest BCUT2D eigenvalue weighted by atomic mass is 79.9. The molecule has 1 aromatic heterocycles. The molecule has 0 saturated carbocycles. The fourth-order valence-electron chi connectivity index (χ4n) is 0.979. The SMILES string of the molecule is Cc1c(Br)n(COCCO)c(=O)[nH]c1=O. The number of halogens is 1. The molecule has 0 fully saturated rings. The molecule has 0 aromatic carbocycles. The van der Waals surface area contributed by atoms with Crippen molar-refractivity contribution in [1.29, 1.82) is 0 Å². The van der Waals surface area contributed by atoms with Gasteiger partial charge in [0.1, 0.15) is 6.73 Å². The summed E-state index contributed by atoms with van der Waals surface area (Å²) in [5.74, 6) is 0. The van der Waals surface area contributed by atoms with E-state index in [1.807, 2.05) is 0 Å². The van der Waals surface area contributed by atoms with Crippen LogP contribution in [0.25, 0.3) is 0 Å². The van der Waals surface area contributed by atoms with Crippen molar-refractivity contribution in [3.63, 3.8) is 0 Å². The fourth-order valence-corrected chi connectivity index (χ4v) is 1.42. The molecule has 2 N–H and O–H groups in total. The Morgan fingerprint density at radius 2 is 2.20 bits per heavy atom. The molecule has 84 valence electrons. The van der Waals surface area contributed by atoms with Crippen LogP contribution in [0.5, 0.6) is 0 Å². The molecule has 0 unspecified atom stereocenters. The number of rotatable bonds is 4. The zero-order valence-electron chi connectivity index (χ0n) is 8.12. The number of nitrogens with zero attached hydrogens (tertiary/aromatic N) is 1. The highest BCUT2D eigenvalue weighted by Gasteiger charge is 2.08. The van der Waals surface area contributed by atoms with Gasteiger partial charge in [-0.2, -0.15) is 0 Å². The summed E-state index contributed by atoms with van der Waals surface area (Å²) in [4.78, 5) is 24.7. The number of aliphatic hydroxyl groups excluding tert-OH is 1. The van der Waals surface area contributed by atoms with Gasteiger partial charge in [0, 0.05) is 5.56 Å². The second-order valence-corrected chi connectivity index (χ2v) is 3.62. The third kappa shape index (κ3) is 2.77. The largest absolute Gasteiger partial charge is 0.394 e. The summed E-state index contributed by atoms with van der Waals surface area (Å²) in [7, 11) is 0. The van der Waals surface area contributed by atoms with Gasteiger partial charge in [-0.05, 0) is 22.9 Å². The Balaban J connectivity index is 3.02. The fraction of sp³-hybridized carbons (Fsp3) is 0.500. The molecule has 0 aliphatic rings. The lowest BCUT2D eigenvalue weighted by Gasteiger charge is -2.09. The maximum absolute atomic E-state index is 11.3. The second kappa shape index (κ2) is 5.24. The van der Waals surface area contributed by atoms with Gasteiger partial charge in [0.15, 0.2) is 0 Å². The van der Waals surface area contributed by atoms with E-state index in [2.05, 4.69) is 20.9 Å². The molecule has 1 aromatic rings. The van der Waals surface area contributed by atoms with Gasteiger partial charge in [-0.1, -0.05) is 0 Å². The van der Waals surface area contributed by atoms with Crippen LogP contribution in [0.4, 0.5) is 0 Å². The van der Waals surface area contributed by atoms with Crippen molar-refractivity contribution in [2.45, 2.75) is 13.7 Å². The normalized spacial score (nSPS) is 10.6. The Kier molecular flexibility index (Phi) is 4.25. The number of aliphatic hydroxyl groups is 1. The van der Waals surface area contributed by atoms with Crippen LogP contribution in [0, 0.1) is 6.92 Å². The van der Waals surface area contributed by atoms with Crippen LogP contribution < -0.4 is 11.2 Å². The summed E-state index contributed by atoms with van der Waals surface area (Å²) in [5.41, 5.74) is -0.567. The van der Waals surface area contributed by atoms with Crippen LogP contribution in [-0.2, 0) is 11.5 Å². The predicted octanol–water partition coefficient (Wildman–Crippen LogP) is -0.426. The Morgan fingerprint density at radius 3 is 2.80 bits per heavy atom. The van der Waals surface area contributed by atoms with E-state index in [1.54, 1.807) is 6.92 Å². The minimum atomic E-state index is -0.546. The summed E-state index contributed by atoms with van der Waals surface area (Å²) >= 11 is 3.13. The Hall–Kier alpha value is -0.920. The lowest BCUT2D eigenvalue weighted by Crippen LogP contribution is -2.33. The molecule has 0 bridgehead atoms. The lowest BCUT2D eigenvalue weighted by molar-refractivity contribution is 0.0444. The van der Waals surface area contributed by atoms with Crippen molar-refractivity contribution in [3.8, 4) is 0 Å². The first-order valence-corrected chi connectivity index (χ1v) is 5.05. The predicted molar refractivity (Wildman–Crippen MR) is 56.8 cm³/mol. The molecular formula is C8H11BrN2O4. The summed E-state index contributed by atoms with van der Waals surface area (Å²) < 4.78 is 6.60. The molecule has 15 heavy (non-hydrogen) atoms. The maximum atomic E-state index is 11.3. The number of hydrogen-bond donors (Lipinski definition) is 2. The molecule has 1 rings (SSSR count). The van der Waals surface area contributed by atoms with Crippen molar-refractivity contribution >= 4 is 15.9 Å². The highest BCUT2D eigenvalue weighted by Crippen LogP contribution is 2.08. The van der Waals surface area contributed by atoms with Gasteiger partial charge in [-0.3, -0.25) is 14.3 Å². The minimum absolute atomic E-state index is 0.0163. The Morgan fingerprint density at radius 1 is 1.53 bits per heavy atom. The molecule has 1 heterocycles. The first-order chi connectivity index (χ1) is 7.07. The molecular weight excluding hydrogens is 268 g/mol. The third-order valence-electron chi connectivity index (χ3n) is 1.81. The molecule has 0 atom stereocenters. The Bertz CT molecular complexity index is 451. The maximum Gasteiger partial charge on any atom is 0.331 e. The van der Waals surface area contributed by atoms with Crippen molar-refractivity contribution in [2.24, 2.45) is 0 Å². The molecule has 0 amide bonds. The summed E-state index contributed by atoms with van der Waals surface area (Å²) in [6.07, 6.45) is 0. The van der Waals surface area contributed by atoms with Crippen molar-refractivity contribution in [2.75, 3.05) is 13.2 Å². The number of hydrogen-bond acceptors (Lipinski definition) is 4. The van der Waals surface area contributed by atoms with Crippen LogP contribution in [0.3, 0.4) is 0 Å². The number of ether oxygens (including phenoxy) is 1. The van der Waals surface area contributed by atoms with Gasteiger partial charge < -0.3 is 9.84 Å². The van der Waals surface area contributed by atoms with Crippen LogP contribution in [0.1, 0.15) is 5.56 Å². The Labute approximate surface area is 93.6 Å². The zero-order chi connectivity index (χ0) is 11.4. The van der Waals surface area contributed by atoms with Gasteiger partial charge >= 0.3 is 5.69 Å². The van der Waals surface area contributed by atoms with Gasteiger partial charge in [-0.15, -0.1) is 0 Å². The van der Waals surface area contributed by atoms with Crippen LogP contribution in [0.15, 0.2) is 14.2 Å². The van der Waals surface area contributed by atoms with Crippen molar-refractivity contribution in [1.82, 2.24) is 9.55 Å². The van der Waals surface area contributed by atoms with Gasteiger partial charge in [0.2, 0.25) is 0 Å². The van der Waals surface area contributed by atoms with E-state index in [1.165, 1.54) is 4.57 Å². The first-order valence-electron chi connectivity index (χ1n) is 4.25. The molecule has 0 radical (unpaired) electrons. The lowest BCUT2D eigenvalue weighted by atomic mass is 10.4. The van der Waals surface area contributed by atoms with Gasteiger partial charge in [-0.25, -0.2) is 4.79 Å². The number of nitrogens with one attached hydrogen (secondary N) is 1. The van der Waals surface area contributed by atoms with Crippen LogP contribution >= 0.6 is 15.9 Å². The molecule has 0 saturated heterocycles. The van der Waals surface area contributed by atoms with Gasteiger partial charge in [0.25, 0.3) is 5.56 Å². The molecule has 6 nitrogen and oxygen atoms in total. The van der Waals surface area contributed by atoms with Crippen molar-refractivity contribution in [3.05, 3.63) is 31.0 Å². The third-order valence-corrected chi connectivity index (χ3v) is 2.83. The average molecular weight is 279 g/mol. The number of H-pyrrole nitrogens is 1. The van der Waals surface area contributed by atoms with E-state index < -0.39 is 11.2 Å². The van der Waals surface area contributed by atoms with Gasteiger partial charge in [0.05, 0.1) is 17.8 Å². The van der Waals surface area contributed by atoms with Crippen LogP contribution in [-0.4, -0.2) is 27.9 Å². The second-order valence-electron chi connectivity index (χ2n) is 2.86. The zero-order valence-corrected chi connectivity index (χ0v) is 9.70. The summed E-state index contributed by atoms with van der Waals surface area (Å²) in [5, 5.41) is 8.50. The molecule has 0 spiro atoms. The monoisotopic (exact) mass is 278 g/mol. The van der Waals surface area contributed by atoms with E-state index in [0.717, 1.165) is 0 Å². The molecule has 7 heteroatoms. The molecule has 0 aliphatic heterocycles. The topological polar surface area (TPSA) is 84.3 Å². The van der Waals surface area contributed by atoms with Crippen molar-refractivity contribution < 1.29 is 9.84 Å². The minimum Gasteiger partial charge on any atom is -0.394 e. The van der Waals surface area contributed by atoms with E-state index in [0.29, 0.717) is 10.2 Å². The van der Waals surface area contributed by atoms with E-state index >= 15 is 0 Å². The summed E-state index contributed by atoms with van der Waals surface area (Å²) in [6, 6.07) is 0. The highest BCUT2D eigenvalue weighted by molar-refractivity contribution is 9.10. The average Bonchev–Trinajstić information content (AvgIpc) is 2.20. The van der Waals surface area contributed by atoms with E-state index in [9.17, 15) is 9.59 Å². The van der Waals surface area contributed by atoms with E-state index in [-0.39, 0.29) is 19.9 Å². The summed E-state index contributed by atoms with van der Waals surface area (Å²) in [6.45, 7) is 1.59. The standard InChI is InChI=1S/C8H11BrN2O4/c1-5-6(9)11(4-15-3-2-12)8(14)10-7(5)13/h12H,2-4H2,1H3,(H,10,13,14). The number of aromatic nitrogens is 2. The van der Waals surface area contributed by atoms with Crippen LogP contribution in [0.2, 0.25) is 0 Å². The smallest absolute Gasteiger partial charge is 0.331 e. The first kappa shape index (κ1) is 12.2. The molecule has 0 aliphatic carbocycles. The van der Waals surface area contributed by atoms with E-state index in [4.69, 9.17) is 9.84 Å².